The van der Waals surface area contributed by atoms with Gasteiger partial charge >= 0.3 is 0 Å². The maximum absolute atomic E-state index is 5.93. The largest absolute Gasteiger partial charge is 0.377 e. The Morgan fingerprint density at radius 1 is 1.28 bits per heavy atom. The smallest absolute Gasteiger partial charge is 0.0702 e. The molecule has 0 bridgehead atoms. The average molecular weight is 254 g/mol. The van der Waals surface area contributed by atoms with E-state index in [2.05, 4.69) is 24.1 Å². The second kappa shape index (κ2) is 7.46. The maximum Gasteiger partial charge on any atom is 0.0702 e. The van der Waals surface area contributed by atoms with E-state index >= 15 is 0 Å². The molecule has 18 heavy (non-hydrogen) atoms. The highest BCUT2D eigenvalue weighted by molar-refractivity contribution is 4.85. The molecule has 1 heterocycles. The van der Waals surface area contributed by atoms with Crippen LogP contribution in [-0.4, -0.2) is 49.3 Å². The summed E-state index contributed by atoms with van der Waals surface area (Å²) < 4.78 is 5.93. The predicted octanol–water partition coefficient (Wildman–Crippen LogP) is 2.41. The molecule has 0 aromatic carbocycles. The lowest BCUT2D eigenvalue weighted by atomic mass is 10.0. The third-order valence-electron chi connectivity index (χ3n) is 4.17. The van der Waals surface area contributed by atoms with Gasteiger partial charge in [-0.1, -0.05) is 13.8 Å². The Bertz CT molecular complexity index is 231. The third kappa shape index (κ3) is 4.52. The van der Waals surface area contributed by atoms with Gasteiger partial charge in [0.05, 0.1) is 6.10 Å². The van der Waals surface area contributed by atoms with Gasteiger partial charge < -0.3 is 10.1 Å². The normalized spacial score (nSPS) is 27.3. The molecule has 0 aromatic heterocycles. The van der Waals surface area contributed by atoms with Crippen LogP contribution in [-0.2, 0) is 4.74 Å². The molecule has 1 aliphatic carbocycles. The minimum absolute atomic E-state index is 0.480. The van der Waals surface area contributed by atoms with E-state index < -0.39 is 0 Å². The van der Waals surface area contributed by atoms with Crippen LogP contribution in [0.4, 0.5) is 0 Å². The van der Waals surface area contributed by atoms with Crippen molar-refractivity contribution in [1.29, 1.82) is 0 Å². The molecule has 0 amide bonds. The van der Waals surface area contributed by atoms with E-state index in [0.717, 1.165) is 25.6 Å². The van der Waals surface area contributed by atoms with Crippen molar-refractivity contribution in [2.75, 3.05) is 26.2 Å². The minimum Gasteiger partial charge on any atom is -0.377 e. The van der Waals surface area contributed by atoms with Gasteiger partial charge in [-0.3, -0.25) is 4.90 Å². The van der Waals surface area contributed by atoms with E-state index in [0.29, 0.717) is 12.1 Å². The Kier molecular flexibility index (Phi) is 5.93. The van der Waals surface area contributed by atoms with Crippen molar-refractivity contribution in [1.82, 2.24) is 10.2 Å². The van der Waals surface area contributed by atoms with Crippen molar-refractivity contribution in [3.63, 3.8) is 0 Å². The van der Waals surface area contributed by atoms with Crippen LogP contribution >= 0.6 is 0 Å². The summed E-state index contributed by atoms with van der Waals surface area (Å²) in [5.41, 5.74) is 0. The summed E-state index contributed by atoms with van der Waals surface area (Å²) in [6, 6.07) is 1.54. The Balaban J connectivity index is 1.73. The first-order chi connectivity index (χ1) is 8.83. The number of likely N-dealkylation sites (tertiary alicyclic amines) is 1. The standard InChI is InChI=1S/C15H30N2O/c1-3-10-18-15-6-5-9-17(12-15)14(4-2)11-16-13-7-8-13/h13-16H,3-12H2,1-2H3. The Morgan fingerprint density at radius 2 is 2.11 bits per heavy atom. The number of hydrogen-bond acceptors (Lipinski definition) is 3. The number of hydrogen-bond donors (Lipinski definition) is 1. The molecule has 1 aliphatic heterocycles. The number of nitrogens with one attached hydrogen (secondary N) is 1. The molecule has 1 N–H and O–H groups in total. The van der Waals surface area contributed by atoms with E-state index in [1.807, 2.05) is 0 Å². The topological polar surface area (TPSA) is 24.5 Å². The third-order valence-corrected chi connectivity index (χ3v) is 4.17. The first-order valence-electron chi connectivity index (χ1n) is 7.92. The van der Waals surface area contributed by atoms with Gasteiger partial charge in [0.25, 0.3) is 0 Å². The number of piperidine rings is 1. The summed E-state index contributed by atoms with van der Waals surface area (Å²) in [5.74, 6) is 0. The van der Waals surface area contributed by atoms with Gasteiger partial charge in [-0.15, -0.1) is 0 Å². The molecule has 106 valence electrons. The summed E-state index contributed by atoms with van der Waals surface area (Å²) in [6.45, 7) is 9.00. The first kappa shape index (κ1) is 14.3. The fraction of sp³-hybridized carbons (Fsp3) is 1.00. The molecule has 3 nitrogen and oxygen atoms in total. The van der Waals surface area contributed by atoms with Gasteiger partial charge in [-0.25, -0.2) is 0 Å². The average Bonchev–Trinajstić information content (AvgIpc) is 3.22. The molecule has 2 unspecified atom stereocenters. The number of rotatable bonds is 8. The molecular formula is C15H30N2O. The number of nitrogens with zero attached hydrogens (tertiary/aromatic N) is 1. The van der Waals surface area contributed by atoms with Gasteiger partial charge in [-0.05, 0) is 45.1 Å². The van der Waals surface area contributed by atoms with E-state index in [1.165, 1.54) is 45.2 Å². The Morgan fingerprint density at radius 3 is 2.78 bits per heavy atom. The maximum atomic E-state index is 5.93. The molecule has 2 fully saturated rings. The lowest BCUT2D eigenvalue weighted by molar-refractivity contribution is -0.0128. The second-order valence-corrected chi connectivity index (χ2v) is 5.87. The summed E-state index contributed by atoms with van der Waals surface area (Å²) in [4.78, 5) is 2.65. The van der Waals surface area contributed by atoms with Crippen LogP contribution in [0.5, 0.6) is 0 Å². The fourth-order valence-electron chi connectivity index (χ4n) is 2.84. The molecule has 2 aliphatic rings. The molecule has 2 atom stereocenters. The Hall–Kier alpha value is -0.120. The van der Waals surface area contributed by atoms with Crippen molar-refractivity contribution >= 4 is 0 Å². The molecule has 1 saturated heterocycles. The summed E-state index contributed by atoms with van der Waals surface area (Å²) in [6.07, 6.45) is 8.19. The monoisotopic (exact) mass is 254 g/mol. The minimum atomic E-state index is 0.480. The predicted molar refractivity (Wildman–Crippen MR) is 75.9 cm³/mol. The van der Waals surface area contributed by atoms with Gasteiger partial charge in [0.15, 0.2) is 0 Å². The van der Waals surface area contributed by atoms with Crippen LogP contribution in [0.15, 0.2) is 0 Å². The zero-order valence-corrected chi connectivity index (χ0v) is 12.2. The molecule has 0 spiro atoms. The number of ether oxygens (including phenoxy) is 1. The Labute approximate surface area is 112 Å². The molecule has 0 radical (unpaired) electrons. The zero-order chi connectivity index (χ0) is 12.8. The van der Waals surface area contributed by atoms with Crippen molar-refractivity contribution in [3.05, 3.63) is 0 Å². The van der Waals surface area contributed by atoms with Gasteiger partial charge in [0.1, 0.15) is 0 Å². The van der Waals surface area contributed by atoms with Crippen molar-refractivity contribution in [2.24, 2.45) is 0 Å². The fourth-order valence-corrected chi connectivity index (χ4v) is 2.84. The highest BCUT2D eigenvalue weighted by Crippen LogP contribution is 2.21. The van der Waals surface area contributed by atoms with Crippen LogP contribution in [0.3, 0.4) is 0 Å². The van der Waals surface area contributed by atoms with Crippen molar-refractivity contribution in [2.45, 2.75) is 70.6 Å². The molecule has 2 rings (SSSR count). The first-order valence-corrected chi connectivity index (χ1v) is 7.92. The lowest BCUT2D eigenvalue weighted by Gasteiger charge is -2.38. The van der Waals surface area contributed by atoms with Crippen LogP contribution in [0.1, 0.15) is 52.4 Å². The zero-order valence-electron chi connectivity index (χ0n) is 12.2. The summed E-state index contributed by atoms with van der Waals surface area (Å²) >= 11 is 0. The van der Waals surface area contributed by atoms with Gasteiger partial charge in [0, 0.05) is 31.8 Å². The molecule has 3 heteroatoms. The van der Waals surface area contributed by atoms with E-state index in [-0.39, 0.29) is 0 Å². The lowest BCUT2D eigenvalue weighted by Crippen LogP contribution is -2.49. The van der Waals surface area contributed by atoms with Crippen molar-refractivity contribution < 1.29 is 4.74 Å². The van der Waals surface area contributed by atoms with E-state index in [9.17, 15) is 0 Å². The quantitative estimate of drug-likeness (QED) is 0.720. The second-order valence-electron chi connectivity index (χ2n) is 5.87. The molecule has 0 aromatic rings. The van der Waals surface area contributed by atoms with Crippen LogP contribution in [0.2, 0.25) is 0 Å². The summed E-state index contributed by atoms with van der Waals surface area (Å²) in [7, 11) is 0. The van der Waals surface area contributed by atoms with E-state index in [1.54, 1.807) is 0 Å². The van der Waals surface area contributed by atoms with E-state index in [4.69, 9.17) is 4.74 Å². The van der Waals surface area contributed by atoms with Crippen LogP contribution in [0.25, 0.3) is 0 Å². The SMILES string of the molecule is CCCOC1CCCN(C(CC)CNC2CC2)C1. The molecular weight excluding hydrogens is 224 g/mol. The highest BCUT2D eigenvalue weighted by Gasteiger charge is 2.27. The van der Waals surface area contributed by atoms with Gasteiger partial charge in [0.2, 0.25) is 0 Å². The van der Waals surface area contributed by atoms with Gasteiger partial charge in [-0.2, -0.15) is 0 Å². The van der Waals surface area contributed by atoms with Crippen molar-refractivity contribution in [3.8, 4) is 0 Å². The molecule has 1 saturated carbocycles. The highest BCUT2D eigenvalue weighted by atomic mass is 16.5. The van der Waals surface area contributed by atoms with Crippen LogP contribution < -0.4 is 5.32 Å². The van der Waals surface area contributed by atoms with Crippen LogP contribution in [0, 0.1) is 0 Å². The summed E-state index contributed by atoms with van der Waals surface area (Å²) in [5, 5.41) is 3.68.